The zero-order chi connectivity index (χ0) is 20.6. The number of aryl methyl sites for hydroxylation is 1. The lowest BCUT2D eigenvalue weighted by molar-refractivity contribution is -0.917. The second-order valence-electron chi connectivity index (χ2n) is 7.44. The molecule has 1 saturated heterocycles. The van der Waals surface area contributed by atoms with Gasteiger partial charge in [0.2, 0.25) is 5.91 Å². The fourth-order valence-corrected chi connectivity index (χ4v) is 3.60. The van der Waals surface area contributed by atoms with Crippen LogP contribution in [-0.4, -0.2) is 56.0 Å². The Bertz CT molecular complexity index is 828. The van der Waals surface area contributed by atoms with E-state index in [0.29, 0.717) is 12.2 Å². The number of piperazine rings is 1. The second-order valence-corrected chi connectivity index (χ2v) is 7.44. The van der Waals surface area contributed by atoms with E-state index in [9.17, 15) is 9.59 Å². The zero-order valence-corrected chi connectivity index (χ0v) is 17.2. The lowest BCUT2D eigenvalue weighted by Crippen LogP contribution is -3.13. The second kappa shape index (κ2) is 10.1. The molecule has 2 amide bonds. The molecule has 0 aliphatic carbocycles. The minimum atomic E-state index is -0.245. The first-order valence-electron chi connectivity index (χ1n) is 10.2. The van der Waals surface area contributed by atoms with Crippen molar-refractivity contribution in [1.82, 2.24) is 10.2 Å². The maximum atomic E-state index is 12.5. The summed E-state index contributed by atoms with van der Waals surface area (Å²) in [5.74, 6) is 0.454. The van der Waals surface area contributed by atoms with Crippen molar-refractivity contribution in [1.29, 1.82) is 0 Å². The van der Waals surface area contributed by atoms with Gasteiger partial charge in [0.25, 0.3) is 5.91 Å². The Morgan fingerprint density at radius 2 is 1.83 bits per heavy atom. The number of hydrogen-bond acceptors (Lipinski definition) is 3. The molecule has 2 N–H and O–H groups in total. The fraction of sp³-hybridized carbons (Fsp3) is 0.391. The third kappa shape index (κ3) is 6.06. The first kappa shape index (κ1) is 20.9. The van der Waals surface area contributed by atoms with Crippen LogP contribution in [0.4, 0.5) is 0 Å². The van der Waals surface area contributed by atoms with Gasteiger partial charge in [-0.3, -0.25) is 9.59 Å². The molecule has 0 bridgehead atoms. The molecule has 6 nitrogen and oxygen atoms in total. The number of ether oxygens (including phenoxy) is 1. The maximum Gasteiger partial charge on any atom is 0.251 e. The van der Waals surface area contributed by atoms with E-state index in [1.54, 1.807) is 24.3 Å². The molecular formula is C23H30N3O3+. The highest BCUT2D eigenvalue weighted by Gasteiger charge is 2.24. The Labute approximate surface area is 172 Å². The molecular weight excluding hydrogens is 366 g/mol. The van der Waals surface area contributed by atoms with E-state index < -0.39 is 0 Å². The van der Waals surface area contributed by atoms with Crippen molar-refractivity contribution in [2.75, 3.05) is 39.3 Å². The van der Waals surface area contributed by atoms with E-state index in [4.69, 9.17) is 4.74 Å². The normalized spacial score (nSPS) is 14.5. The third-order valence-electron chi connectivity index (χ3n) is 5.19. The SMILES string of the molecule is CCOc1ccc(C(=O)NCC(=O)N2CC[NH+](Cc3cccc(C)c3)CC2)cc1. The summed E-state index contributed by atoms with van der Waals surface area (Å²) in [6.45, 7) is 8.90. The molecule has 0 radical (unpaired) electrons. The Morgan fingerprint density at radius 3 is 2.48 bits per heavy atom. The summed E-state index contributed by atoms with van der Waals surface area (Å²) < 4.78 is 5.38. The number of nitrogens with zero attached hydrogens (tertiary/aromatic N) is 1. The predicted molar refractivity (Wildman–Crippen MR) is 112 cm³/mol. The molecule has 0 saturated carbocycles. The summed E-state index contributed by atoms with van der Waals surface area (Å²) in [6, 6.07) is 15.5. The van der Waals surface area contributed by atoms with Gasteiger partial charge in [0.05, 0.1) is 39.3 Å². The van der Waals surface area contributed by atoms with Gasteiger partial charge in [-0.1, -0.05) is 29.8 Å². The Kier molecular flexibility index (Phi) is 7.25. The summed E-state index contributed by atoms with van der Waals surface area (Å²) in [5.41, 5.74) is 3.13. The lowest BCUT2D eigenvalue weighted by atomic mass is 10.1. The van der Waals surface area contributed by atoms with E-state index in [1.165, 1.54) is 16.0 Å². The minimum Gasteiger partial charge on any atom is -0.494 e. The molecule has 0 spiro atoms. The molecule has 1 fully saturated rings. The topological polar surface area (TPSA) is 63.1 Å². The number of amides is 2. The van der Waals surface area contributed by atoms with Crippen LogP contribution in [0.25, 0.3) is 0 Å². The van der Waals surface area contributed by atoms with Crippen LogP contribution < -0.4 is 15.0 Å². The highest BCUT2D eigenvalue weighted by Crippen LogP contribution is 2.12. The lowest BCUT2D eigenvalue weighted by Gasteiger charge is -2.32. The van der Waals surface area contributed by atoms with Crippen LogP contribution >= 0.6 is 0 Å². The predicted octanol–water partition coefficient (Wildman–Crippen LogP) is 1.05. The van der Waals surface area contributed by atoms with E-state index in [-0.39, 0.29) is 18.4 Å². The van der Waals surface area contributed by atoms with Crippen LogP contribution in [-0.2, 0) is 11.3 Å². The molecule has 0 aromatic heterocycles. The van der Waals surface area contributed by atoms with Crippen LogP contribution in [0.5, 0.6) is 5.75 Å². The Balaban J connectivity index is 1.41. The van der Waals surface area contributed by atoms with Crippen molar-refractivity contribution in [2.24, 2.45) is 0 Å². The highest BCUT2D eigenvalue weighted by molar-refractivity contribution is 5.96. The highest BCUT2D eigenvalue weighted by atomic mass is 16.5. The van der Waals surface area contributed by atoms with E-state index in [0.717, 1.165) is 38.5 Å². The van der Waals surface area contributed by atoms with Crippen molar-refractivity contribution < 1.29 is 19.2 Å². The summed E-state index contributed by atoms with van der Waals surface area (Å²) in [4.78, 5) is 28.1. The van der Waals surface area contributed by atoms with Crippen LogP contribution in [0.1, 0.15) is 28.4 Å². The standard InChI is InChI=1S/C23H29N3O3/c1-3-29-21-9-7-20(8-10-21)23(28)24-16-22(27)26-13-11-25(12-14-26)17-19-6-4-5-18(2)15-19/h4-10,15H,3,11-14,16-17H2,1-2H3,(H,24,28)/p+1. The molecule has 3 rings (SSSR count). The number of rotatable bonds is 7. The molecule has 2 aromatic rings. The third-order valence-corrected chi connectivity index (χ3v) is 5.19. The van der Waals surface area contributed by atoms with Gasteiger partial charge >= 0.3 is 0 Å². The van der Waals surface area contributed by atoms with Crippen molar-refractivity contribution in [3.8, 4) is 5.75 Å². The van der Waals surface area contributed by atoms with Gasteiger partial charge in [-0.25, -0.2) is 0 Å². The molecule has 0 unspecified atom stereocenters. The zero-order valence-electron chi connectivity index (χ0n) is 17.2. The van der Waals surface area contributed by atoms with Gasteiger partial charge in [0.1, 0.15) is 12.3 Å². The summed E-state index contributed by atoms with van der Waals surface area (Å²) in [6.07, 6.45) is 0. The molecule has 0 atom stereocenters. The average molecular weight is 397 g/mol. The first-order chi connectivity index (χ1) is 14.0. The van der Waals surface area contributed by atoms with E-state index in [2.05, 4.69) is 36.5 Å². The summed E-state index contributed by atoms with van der Waals surface area (Å²) >= 11 is 0. The summed E-state index contributed by atoms with van der Waals surface area (Å²) in [7, 11) is 0. The number of benzene rings is 2. The molecule has 6 heteroatoms. The van der Waals surface area contributed by atoms with E-state index in [1.807, 2.05) is 11.8 Å². The van der Waals surface area contributed by atoms with E-state index >= 15 is 0 Å². The number of carbonyl (C=O) groups excluding carboxylic acids is 2. The molecule has 1 heterocycles. The largest absolute Gasteiger partial charge is 0.494 e. The molecule has 154 valence electrons. The molecule has 1 aliphatic heterocycles. The van der Waals surface area contributed by atoms with Gasteiger partial charge in [0.15, 0.2) is 0 Å². The van der Waals surface area contributed by atoms with Crippen molar-refractivity contribution in [3.05, 3.63) is 65.2 Å². The number of quaternary nitrogens is 1. The quantitative estimate of drug-likeness (QED) is 0.736. The Morgan fingerprint density at radius 1 is 1.10 bits per heavy atom. The minimum absolute atomic E-state index is 0.0270. The van der Waals surface area contributed by atoms with Crippen LogP contribution in [0.3, 0.4) is 0 Å². The molecule has 2 aromatic carbocycles. The smallest absolute Gasteiger partial charge is 0.251 e. The molecule has 1 aliphatic rings. The maximum absolute atomic E-state index is 12.5. The van der Waals surface area contributed by atoms with Gasteiger partial charge < -0.3 is 19.9 Å². The summed E-state index contributed by atoms with van der Waals surface area (Å²) in [5, 5.41) is 2.73. The van der Waals surface area contributed by atoms with Crippen molar-refractivity contribution >= 4 is 11.8 Å². The van der Waals surface area contributed by atoms with Gasteiger partial charge in [-0.2, -0.15) is 0 Å². The first-order valence-corrected chi connectivity index (χ1v) is 10.2. The van der Waals surface area contributed by atoms with Crippen molar-refractivity contribution in [3.63, 3.8) is 0 Å². The van der Waals surface area contributed by atoms with Gasteiger partial charge in [-0.15, -0.1) is 0 Å². The number of hydrogen-bond donors (Lipinski definition) is 2. The van der Waals surface area contributed by atoms with Crippen LogP contribution in [0.2, 0.25) is 0 Å². The Hall–Kier alpha value is -2.86. The number of carbonyl (C=O) groups is 2. The van der Waals surface area contributed by atoms with Crippen molar-refractivity contribution in [2.45, 2.75) is 20.4 Å². The van der Waals surface area contributed by atoms with Gasteiger partial charge in [-0.05, 0) is 38.1 Å². The van der Waals surface area contributed by atoms with Gasteiger partial charge in [0, 0.05) is 11.1 Å². The monoisotopic (exact) mass is 396 g/mol. The fourth-order valence-electron chi connectivity index (χ4n) is 3.60. The molecule has 29 heavy (non-hydrogen) atoms. The number of nitrogens with one attached hydrogen (secondary N) is 2. The van der Waals surface area contributed by atoms with Crippen LogP contribution in [0, 0.1) is 6.92 Å². The van der Waals surface area contributed by atoms with Crippen LogP contribution in [0.15, 0.2) is 48.5 Å². The average Bonchev–Trinajstić information content (AvgIpc) is 2.73.